The second-order valence-corrected chi connectivity index (χ2v) is 9.59. The Morgan fingerprint density at radius 3 is 2.73 bits per heavy atom. The second-order valence-electron chi connectivity index (χ2n) is 9.59. The second kappa shape index (κ2) is 8.34. The van der Waals surface area contributed by atoms with E-state index in [2.05, 4.69) is 131 Å². The van der Waals surface area contributed by atoms with Gasteiger partial charge in [0, 0.05) is 58.7 Å². The Kier molecular flexibility index (Phi) is 4.81. The van der Waals surface area contributed by atoms with Crippen LogP contribution in [0.25, 0.3) is 33.1 Å². The molecule has 2 aliphatic heterocycles. The predicted molar refractivity (Wildman–Crippen MR) is 154 cm³/mol. The van der Waals surface area contributed by atoms with Crippen LogP contribution >= 0.6 is 0 Å². The van der Waals surface area contributed by atoms with E-state index in [1.54, 1.807) is 0 Å². The van der Waals surface area contributed by atoms with Gasteiger partial charge in [-0.15, -0.1) is 6.42 Å². The number of hydrogen-bond acceptors (Lipinski definition) is 1. The highest BCUT2D eigenvalue weighted by molar-refractivity contribution is 6.09. The summed E-state index contributed by atoms with van der Waals surface area (Å²) in [6.45, 7) is 0.814. The standard InChI is InChI=1S/C35H24N2/c1-3-28(34-17-10-18-35-29-14-7-6-13-27(29)23-37(34)35)26-12-5-4-11-24(21-26)25-19-20-33-31(22-25)30-15-8-9-16-32(30)36(33)2/h1,6-11,13-22H,4,23H2,2H3/b34-28+. The van der Waals surface area contributed by atoms with Gasteiger partial charge in [-0.1, -0.05) is 78.4 Å². The molecule has 1 aliphatic carbocycles. The third-order valence-electron chi connectivity index (χ3n) is 7.58. The molecule has 0 unspecified atom stereocenters. The highest BCUT2D eigenvalue weighted by Crippen LogP contribution is 2.40. The summed E-state index contributed by atoms with van der Waals surface area (Å²) in [4.78, 5) is 2.32. The van der Waals surface area contributed by atoms with Crippen molar-refractivity contribution in [2.75, 3.05) is 0 Å². The van der Waals surface area contributed by atoms with Gasteiger partial charge in [0.2, 0.25) is 0 Å². The zero-order valence-corrected chi connectivity index (χ0v) is 20.6. The highest BCUT2D eigenvalue weighted by Gasteiger charge is 2.28. The summed E-state index contributed by atoms with van der Waals surface area (Å²) in [6, 6.07) is 23.8. The number of aryl methyl sites for hydroxylation is 1. The number of aromatic nitrogens is 1. The topological polar surface area (TPSA) is 8.17 Å². The van der Waals surface area contributed by atoms with Crippen LogP contribution < -0.4 is 0 Å². The van der Waals surface area contributed by atoms with E-state index in [0.717, 1.165) is 29.0 Å². The van der Waals surface area contributed by atoms with Gasteiger partial charge in [0.05, 0.1) is 11.3 Å². The Morgan fingerprint density at radius 1 is 0.973 bits per heavy atom. The smallest absolute Gasteiger partial charge is 0.0636 e. The van der Waals surface area contributed by atoms with Crippen LogP contribution in [0.1, 0.15) is 23.1 Å². The Bertz CT molecular complexity index is 1900. The number of nitrogens with zero attached hydrogens (tertiary/aromatic N) is 2. The average Bonchev–Trinajstić information content (AvgIpc) is 3.34. The third kappa shape index (κ3) is 3.31. The molecule has 0 bridgehead atoms. The number of allylic oxidation sites excluding steroid dienone is 8. The number of rotatable bonds is 2. The van der Waals surface area contributed by atoms with Crippen molar-refractivity contribution in [2.45, 2.75) is 13.0 Å². The maximum atomic E-state index is 6.18. The number of para-hydroxylation sites is 1. The zero-order valence-electron chi connectivity index (χ0n) is 20.6. The maximum Gasteiger partial charge on any atom is 0.0636 e. The fraction of sp³-hybridized carbons (Fsp3) is 0.0857. The van der Waals surface area contributed by atoms with Crippen molar-refractivity contribution < 1.29 is 0 Å². The normalized spacial score (nSPS) is 17.2. The Labute approximate surface area is 217 Å². The molecule has 7 rings (SSSR count). The molecule has 0 spiro atoms. The van der Waals surface area contributed by atoms with E-state index in [1.165, 1.54) is 44.2 Å². The lowest BCUT2D eigenvalue weighted by molar-refractivity contribution is 0.517. The van der Waals surface area contributed by atoms with E-state index in [-0.39, 0.29) is 0 Å². The SMILES string of the molecule is C#C/C(C1=CC(c2ccc3c(c2)c2ccccc2n3C)=CCC#C1)=C1/C=CC=C2c3ccccc3CN21. The molecular weight excluding hydrogens is 448 g/mol. The summed E-state index contributed by atoms with van der Waals surface area (Å²) in [6.07, 6.45) is 17.6. The molecule has 174 valence electrons. The quantitative estimate of drug-likeness (QED) is 0.277. The van der Waals surface area contributed by atoms with Crippen molar-refractivity contribution in [1.82, 2.24) is 9.47 Å². The lowest BCUT2D eigenvalue weighted by Gasteiger charge is -2.26. The van der Waals surface area contributed by atoms with E-state index in [1.807, 2.05) is 0 Å². The molecule has 4 aromatic rings. The lowest BCUT2D eigenvalue weighted by Crippen LogP contribution is -2.18. The van der Waals surface area contributed by atoms with Crippen molar-refractivity contribution in [2.24, 2.45) is 7.05 Å². The molecule has 0 fully saturated rings. The fourth-order valence-corrected chi connectivity index (χ4v) is 5.77. The van der Waals surface area contributed by atoms with Crippen LogP contribution in [0.5, 0.6) is 0 Å². The molecular formula is C35H24N2. The minimum absolute atomic E-state index is 0.687. The van der Waals surface area contributed by atoms with Gasteiger partial charge in [-0.2, -0.15) is 0 Å². The summed E-state index contributed by atoms with van der Waals surface area (Å²) in [5.41, 5.74) is 11.3. The molecule has 0 atom stereocenters. The zero-order chi connectivity index (χ0) is 24.9. The highest BCUT2D eigenvalue weighted by atomic mass is 15.2. The molecule has 0 amide bonds. The first-order valence-electron chi connectivity index (χ1n) is 12.6. The molecule has 3 aromatic carbocycles. The van der Waals surface area contributed by atoms with Gasteiger partial charge >= 0.3 is 0 Å². The number of fused-ring (bicyclic) bond motifs is 6. The summed E-state index contributed by atoms with van der Waals surface area (Å²) < 4.78 is 2.26. The molecule has 0 radical (unpaired) electrons. The monoisotopic (exact) mass is 472 g/mol. The van der Waals surface area contributed by atoms with Crippen LogP contribution in [0.15, 0.2) is 114 Å². The molecule has 3 heterocycles. The van der Waals surface area contributed by atoms with Crippen molar-refractivity contribution in [1.29, 1.82) is 0 Å². The Balaban J connectivity index is 1.33. The molecule has 0 saturated carbocycles. The van der Waals surface area contributed by atoms with Crippen LogP contribution in [-0.2, 0) is 13.6 Å². The summed E-state index contributed by atoms with van der Waals surface area (Å²) in [5, 5.41) is 2.52. The van der Waals surface area contributed by atoms with Gasteiger partial charge < -0.3 is 9.47 Å². The van der Waals surface area contributed by atoms with Crippen molar-refractivity contribution in [3.8, 4) is 24.2 Å². The molecule has 37 heavy (non-hydrogen) atoms. The molecule has 2 heteroatoms. The van der Waals surface area contributed by atoms with Crippen molar-refractivity contribution in [3.63, 3.8) is 0 Å². The summed E-state index contributed by atoms with van der Waals surface area (Å²) in [5.74, 6) is 9.69. The Hall–Kier alpha value is -4.92. The predicted octanol–water partition coefficient (Wildman–Crippen LogP) is 7.36. The maximum absolute atomic E-state index is 6.18. The molecule has 1 aromatic heterocycles. The van der Waals surface area contributed by atoms with Crippen LogP contribution in [0.4, 0.5) is 0 Å². The molecule has 0 saturated heterocycles. The van der Waals surface area contributed by atoms with E-state index >= 15 is 0 Å². The van der Waals surface area contributed by atoms with Gasteiger partial charge in [0.1, 0.15) is 0 Å². The van der Waals surface area contributed by atoms with Gasteiger partial charge in [-0.25, -0.2) is 0 Å². The van der Waals surface area contributed by atoms with E-state index < -0.39 is 0 Å². The van der Waals surface area contributed by atoms with Crippen LogP contribution in [0.2, 0.25) is 0 Å². The van der Waals surface area contributed by atoms with Gasteiger partial charge in [0.15, 0.2) is 0 Å². The van der Waals surface area contributed by atoms with Crippen molar-refractivity contribution >= 4 is 33.1 Å². The summed E-state index contributed by atoms with van der Waals surface area (Å²) in [7, 11) is 2.13. The van der Waals surface area contributed by atoms with Gasteiger partial charge in [0.25, 0.3) is 0 Å². The fourth-order valence-electron chi connectivity index (χ4n) is 5.77. The van der Waals surface area contributed by atoms with E-state index in [4.69, 9.17) is 6.42 Å². The number of benzene rings is 3. The first-order chi connectivity index (χ1) is 18.2. The van der Waals surface area contributed by atoms with Crippen LogP contribution in [-0.4, -0.2) is 9.47 Å². The van der Waals surface area contributed by atoms with Gasteiger partial charge in [-0.05, 0) is 53.1 Å². The Morgan fingerprint density at radius 2 is 1.81 bits per heavy atom. The van der Waals surface area contributed by atoms with Crippen molar-refractivity contribution in [3.05, 3.63) is 131 Å². The minimum atomic E-state index is 0.687. The van der Waals surface area contributed by atoms with Gasteiger partial charge in [-0.3, -0.25) is 0 Å². The summed E-state index contributed by atoms with van der Waals surface area (Å²) >= 11 is 0. The number of terminal acetylenes is 1. The number of hydrogen-bond donors (Lipinski definition) is 0. The van der Waals surface area contributed by atoms with E-state index in [9.17, 15) is 0 Å². The third-order valence-corrected chi connectivity index (χ3v) is 7.58. The largest absolute Gasteiger partial charge is 0.344 e. The van der Waals surface area contributed by atoms with Crippen LogP contribution in [0, 0.1) is 24.2 Å². The minimum Gasteiger partial charge on any atom is -0.344 e. The first-order valence-corrected chi connectivity index (χ1v) is 12.6. The molecule has 2 nitrogen and oxygen atoms in total. The van der Waals surface area contributed by atoms with E-state index in [0.29, 0.717) is 6.42 Å². The molecule has 0 N–H and O–H groups in total. The average molecular weight is 473 g/mol. The van der Waals surface area contributed by atoms with Crippen LogP contribution in [0.3, 0.4) is 0 Å². The first kappa shape index (κ1) is 21.4. The lowest BCUT2D eigenvalue weighted by atomic mass is 9.96. The molecule has 3 aliphatic rings.